The lowest BCUT2D eigenvalue weighted by molar-refractivity contribution is 0.661. The molecule has 1 aliphatic rings. The van der Waals surface area contributed by atoms with E-state index in [2.05, 4.69) is 176 Å². The normalized spacial score (nSPS) is 12.8. The van der Waals surface area contributed by atoms with E-state index in [0.29, 0.717) is 5.82 Å². The summed E-state index contributed by atoms with van der Waals surface area (Å²) in [4.78, 5) is 12.6. The SMILES string of the molecule is CC1(C)c2ccccc2-c2cccc(N(c3ccc(-c4ccccc4)cc3)c3ccc(-c4nc(-c5ccccc5)c5ccccc5n4)cc3)c21. The average molecular weight is 642 g/mol. The molecule has 0 radical (unpaired) electrons. The maximum absolute atomic E-state index is 5.14. The van der Waals surface area contributed by atoms with Crippen molar-refractivity contribution in [1.29, 1.82) is 0 Å². The van der Waals surface area contributed by atoms with Crippen LogP contribution in [-0.4, -0.2) is 9.97 Å². The molecule has 8 aromatic rings. The minimum Gasteiger partial charge on any atom is -0.310 e. The summed E-state index contributed by atoms with van der Waals surface area (Å²) in [6.07, 6.45) is 0. The van der Waals surface area contributed by atoms with E-state index in [1.807, 2.05) is 18.2 Å². The maximum atomic E-state index is 5.14. The van der Waals surface area contributed by atoms with Crippen LogP contribution >= 0.6 is 0 Å². The summed E-state index contributed by atoms with van der Waals surface area (Å²) in [5, 5.41) is 1.05. The van der Waals surface area contributed by atoms with Crippen molar-refractivity contribution in [1.82, 2.24) is 9.97 Å². The van der Waals surface area contributed by atoms with Crippen molar-refractivity contribution >= 4 is 28.0 Å². The Hall–Kier alpha value is -6.32. The van der Waals surface area contributed by atoms with Gasteiger partial charge in [0.25, 0.3) is 0 Å². The second-order valence-electron chi connectivity index (χ2n) is 13.4. The van der Waals surface area contributed by atoms with Crippen LogP contribution in [0, 0.1) is 0 Å². The molecule has 3 heteroatoms. The standard InChI is InChI=1S/C47H35N3/c1-47(2)41-21-11-9-18-38(41)39-20-13-23-43(44(39)47)50(36-28-24-33(25-29-36)32-14-5-3-6-15-32)37-30-26-35(27-31-37)46-48-42-22-12-10-19-40(42)45(49-46)34-16-7-4-8-17-34/h3-31H,1-2H3. The number of benzene rings is 7. The molecule has 9 rings (SSSR count). The van der Waals surface area contributed by atoms with Gasteiger partial charge in [0.2, 0.25) is 0 Å². The molecule has 0 amide bonds. The summed E-state index contributed by atoms with van der Waals surface area (Å²) >= 11 is 0. The van der Waals surface area contributed by atoms with Crippen LogP contribution in [0.3, 0.4) is 0 Å². The van der Waals surface area contributed by atoms with E-state index in [1.165, 1.54) is 39.1 Å². The molecule has 1 aromatic heterocycles. The van der Waals surface area contributed by atoms with E-state index in [9.17, 15) is 0 Å². The average Bonchev–Trinajstić information content (AvgIpc) is 3.42. The molecular formula is C47H35N3. The minimum atomic E-state index is -0.169. The van der Waals surface area contributed by atoms with Crippen molar-refractivity contribution in [3.8, 4) is 44.9 Å². The fourth-order valence-electron chi connectivity index (χ4n) is 7.65. The van der Waals surface area contributed by atoms with Gasteiger partial charge in [0.15, 0.2) is 5.82 Å². The van der Waals surface area contributed by atoms with Crippen molar-refractivity contribution in [2.75, 3.05) is 4.90 Å². The molecule has 0 unspecified atom stereocenters. The fourth-order valence-corrected chi connectivity index (χ4v) is 7.65. The van der Waals surface area contributed by atoms with Gasteiger partial charge in [0.05, 0.1) is 16.9 Å². The van der Waals surface area contributed by atoms with Crippen molar-refractivity contribution in [3.05, 3.63) is 187 Å². The van der Waals surface area contributed by atoms with E-state index in [4.69, 9.17) is 9.97 Å². The number of para-hydroxylation sites is 1. The largest absolute Gasteiger partial charge is 0.310 e. The molecule has 7 aromatic carbocycles. The Kier molecular flexibility index (Phi) is 7.14. The van der Waals surface area contributed by atoms with Crippen LogP contribution in [0.4, 0.5) is 17.1 Å². The Morgan fingerprint density at radius 2 is 1.00 bits per heavy atom. The number of aromatic nitrogens is 2. The van der Waals surface area contributed by atoms with Crippen molar-refractivity contribution in [3.63, 3.8) is 0 Å². The summed E-state index contributed by atoms with van der Waals surface area (Å²) in [5.74, 6) is 0.713. The predicted molar refractivity (Wildman–Crippen MR) is 208 cm³/mol. The zero-order chi connectivity index (χ0) is 33.7. The fraction of sp³-hybridized carbons (Fsp3) is 0.0638. The van der Waals surface area contributed by atoms with Gasteiger partial charge in [0, 0.05) is 33.3 Å². The molecule has 0 saturated heterocycles. The van der Waals surface area contributed by atoms with Crippen LogP contribution in [0.5, 0.6) is 0 Å². The molecule has 1 aliphatic carbocycles. The lowest BCUT2D eigenvalue weighted by Crippen LogP contribution is -2.20. The van der Waals surface area contributed by atoms with Gasteiger partial charge in [-0.2, -0.15) is 0 Å². The monoisotopic (exact) mass is 641 g/mol. The molecule has 1 heterocycles. The van der Waals surface area contributed by atoms with Crippen molar-refractivity contribution in [2.24, 2.45) is 0 Å². The molecule has 50 heavy (non-hydrogen) atoms. The van der Waals surface area contributed by atoms with Crippen LogP contribution in [0.1, 0.15) is 25.0 Å². The number of anilines is 3. The van der Waals surface area contributed by atoms with Gasteiger partial charge >= 0.3 is 0 Å². The summed E-state index contributed by atoms with van der Waals surface area (Å²) in [7, 11) is 0. The van der Waals surface area contributed by atoms with E-state index in [1.54, 1.807) is 0 Å². The van der Waals surface area contributed by atoms with E-state index < -0.39 is 0 Å². The van der Waals surface area contributed by atoms with Gasteiger partial charge in [0.1, 0.15) is 0 Å². The van der Waals surface area contributed by atoms with E-state index in [-0.39, 0.29) is 5.41 Å². The third-order valence-electron chi connectivity index (χ3n) is 10.1. The summed E-state index contributed by atoms with van der Waals surface area (Å²) in [6.45, 7) is 4.70. The van der Waals surface area contributed by atoms with Crippen molar-refractivity contribution < 1.29 is 0 Å². The van der Waals surface area contributed by atoms with Gasteiger partial charge < -0.3 is 4.90 Å². The Balaban J connectivity index is 1.18. The highest BCUT2D eigenvalue weighted by molar-refractivity contribution is 5.94. The Morgan fingerprint density at radius 1 is 0.440 bits per heavy atom. The van der Waals surface area contributed by atoms with Crippen molar-refractivity contribution in [2.45, 2.75) is 19.3 Å². The second kappa shape index (κ2) is 12.0. The highest BCUT2D eigenvalue weighted by Gasteiger charge is 2.38. The second-order valence-corrected chi connectivity index (χ2v) is 13.4. The highest BCUT2D eigenvalue weighted by Crippen LogP contribution is 2.54. The number of nitrogens with zero attached hydrogens (tertiary/aromatic N) is 3. The number of fused-ring (bicyclic) bond motifs is 4. The Labute approximate surface area is 293 Å². The van der Waals surface area contributed by atoms with Gasteiger partial charge in [-0.05, 0) is 81.9 Å². The van der Waals surface area contributed by atoms with Gasteiger partial charge in [-0.25, -0.2) is 9.97 Å². The third kappa shape index (κ3) is 4.98. The molecule has 0 saturated carbocycles. The molecule has 0 spiro atoms. The summed E-state index contributed by atoms with van der Waals surface area (Å²) < 4.78 is 0. The van der Waals surface area contributed by atoms with Gasteiger partial charge in [-0.3, -0.25) is 0 Å². The van der Waals surface area contributed by atoms with Crippen LogP contribution in [0.25, 0.3) is 55.8 Å². The summed E-state index contributed by atoms with van der Waals surface area (Å²) in [6, 6.07) is 62.4. The molecule has 3 nitrogen and oxygen atoms in total. The number of hydrogen-bond acceptors (Lipinski definition) is 3. The molecule has 0 N–H and O–H groups in total. The Morgan fingerprint density at radius 3 is 1.72 bits per heavy atom. The van der Waals surface area contributed by atoms with E-state index >= 15 is 0 Å². The third-order valence-corrected chi connectivity index (χ3v) is 10.1. The zero-order valence-electron chi connectivity index (χ0n) is 28.1. The lowest BCUT2D eigenvalue weighted by Gasteiger charge is -2.32. The minimum absolute atomic E-state index is 0.169. The van der Waals surface area contributed by atoms with Gasteiger partial charge in [-0.15, -0.1) is 0 Å². The first kappa shape index (κ1) is 29.8. The van der Waals surface area contributed by atoms with Crippen LogP contribution < -0.4 is 4.90 Å². The smallest absolute Gasteiger partial charge is 0.160 e. The van der Waals surface area contributed by atoms with E-state index in [0.717, 1.165) is 39.1 Å². The lowest BCUT2D eigenvalue weighted by atomic mass is 9.81. The molecular weight excluding hydrogens is 607 g/mol. The van der Waals surface area contributed by atoms with Gasteiger partial charge in [-0.1, -0.05) is 141 Å². The quantitative estimate of drug-likeness (QED) is 0.181. The maximum Gasteiger partial charge on any atom is 0.160 e. The number of hydrogen-bond donors (Lipinski definition) is 0. The first-order valence-electron chi connectivity index (χ1n) is 17.2. The number of rotatable bonds is 6. The first-order chi connectivity index (χ1) is 24.6. The predicted octanol–water partition coefficient (Wildman–Crippen LogP) is 12.4. The summed E-state index contributed by atoms with van der Waals surface area (Å²) in [5.41, 5.74) is 14.8. The topological polar surface area (TPSA) is 29.0 Å². The molecule has 0 atom stereocenters. The molecule has 0 fully saturated rings. The zero-order valence-corrected chi connectivity index (χ0v) is 28.1. The molecule has 0 aliphatic heterocycles. The Bertz CT molecular complexity index is 2480. The van der Waals surface area contributed by atoms with Crippen LogP contribution in [0.2, 0.25) is 0 Å². The highest BCUT2D eigenvalue weighted by atomic mass is 15.1. The molecule has 238 valence electrons. The van der Waals surface area contributed by atoms with Crippen LogP contribution in [-0.2, 0) is 5.41 Å². The van der Waals surface area contributed by atoms with Crippen LogP contribution in [0.15, 0.2) is 176 Å². The molecule has 0 bridgehead atoms. The first-order valence-corrected chi connectivity index (χ1v) is 17.2.